The van der Waals surface area contributed by atoms with Gasteiger partial charge >= 0.3 is 0 Å². The van der Waals surface area contributed by atoms with Crippen LogP contribution in [0, 0.1) is 17.7 Å². The number of imidazole rings is 1. The average Bonchev–Trinajstić information content (AvgIpc) is 3.40. The molecular weight excluding hydrogens is 515 g/mol. The molecule has 5 rings (SSSR count). The first-order chi connectivity index (χ1) is 18.8. The first-order valence-electron chi connectivity index (χ1n) is 12.0. The molecule has 0 spiro atoms. The van der Waals surface area contributed by atoms with Crippen LogP contribution in [0.5, 0.6) is 0 Å². The number of nitrogens with two attached hydrogens (primary N) is 1. The zero-order valence-electron chi connectivity index (χ0n) is 20.6. The minimum absolute atomic E-state index is 0.00440. The molecule has 0 radical (unpaired) electrons. The van der Waals surface area contributed by atoms with Crippen LogP contribution in [-0.2, 0) is 22.1 Å². The largest absolute Gasteiger partial charge is 0.399 e. The third-order valence-corrected chi connectivity index (χ3v) is 7.75. The van der Waals surface area contributed by atoms with Gasteiger partial charge in [-0.2, -0.15) is 0 Å². The van der Waals surface area contributed by atoms with Crippen LogP contribution >= 0.6 is 0 Å². The molecule has 194 valence electrons. The van der Waals surface area contributed by atoms with Crippen LogP contribution < -0.4 is 11.1 Å². The monoisotopic (exact) mass is 538 g/mol. The molecule has 5 aromatic rings. The highest BCUT2D eigenvalue weighted by Gasteiger charge is 2.21. The number of carbonyl (C=O) groups is 1. The van der Waals surface area contributed by atoms with Crippen molar-refractivity contribution in [3.05, 3.63) is 131 Å². The number of aromatic nitrogens is 2. The fourth-order valence-corrected chi connectivity index (χ4v) is 5.48. The summed E-state index contributed by atoms with van der Waals surface area (Å²) in [6.45, 7) is 0.260. The van der Waals surface area contributed by atoms with Crippen molar-refractivity contribution < 1.29 is 17.6 Å². The van der Waals surface area contributed by atoms with Gasteiger partial charge in [-0.3, -0.25) is 4.79 Å². The Balaban J connectivity index is 1.44. The molecule has 0 unspecified atom stereocenters. The van der Waals surface area contributed by atoms with Gasteiger partial charge in [-0.05, 0) is 77.9 Å². The van der Waals surface area contributed by atoms with E-state index in [-0.39, 0.29) is 34.2 Å². The number of benzene rings is 3. The maximum atomic E-state index is 13.4. The van der Waals surface area contributed by atoms with E-state index < -0.39 is 15.7 Å². The molecule has 7 nitrogen and oxygen atoms in total. The van der Waals surface area contributed by atoms with Gasteiger partial charge in [0, 0.05) is 47.5 Å². The van der Waals surface area contributed by atoms with Crippen molar-refractivity contribution in [3.8, 4) is 11.8 Å². The molecule has 3 aromatic carbocycles. The fraction of sp³-hybridized carbons (Fsp3) is 0.0667. The van der Waals surface area contributed by atoms with Crippen molar-refractivity contribution in [1.29, 1.82) is 0 Å². The van der Waals surface area contributed by atoms with Crippen molar-refractivity contribution in [2.45, 2.75) is 17.2 Å². The van der Waals surface area contributed by atoms with Gasteiger partial charge in [0.1, 0.15) is 11.5 Å². The van der Waals surface area contributed by atoms with Gasteiger partial charge < -0.3 is 15.5 Å². The minimum atomic E-state index is -3.83. The van der Waals surface area contributed by atoms with E-state index in [0.29, 0.717) is 16.8 Å². The summed E-state index contributed by atoms with van der Waals surface area (Å²) in [7, 11) is -3.83. The molecule has 0 atom stereocenters. The summed E-state index contributed by atoms with van der Waals surface area (Å²) in [4.78, 5) is 17.2. The number of hydrogen-bond donors (Lipinski definition) is 2. The Morgan fingerprint density at radius 2 is 1.69 bits per heavy atom. The van der Waals surface area contributed by atoms with Crippen LogP contribution in [0.25, 0.3) is 5.65 Å². The number of nitrogens with zero attached hydrogens (tertiary/aromatic N) is 2. The van der Waals surface area contributed by atoms with Crippen LogP contribution in [-0.4, -0.2) is 23.7 Å². The summed E-state index contributed by atoms with van der Waals surface area (Å²) in [5.41, 5.74) is 9.37. The highest BCUT2D eigenvalue weighted by Crippen LogP contribution is 2.23. The molecule has 9 heteroatoms. The van der Waals surface area contributed by atoms with E-state index in [4.69, 9.17) is 5.73 Å². The van der Waals surface area contributed by atoms with Gasteiger partial charge in [-0.15, -0.1) is 0 Å². The second kappa shape index (κ2) is 10.8. The van der Waals surface area contributed by atoms with Crippen LogP contribution in [0.3, 0.4) is 0 Å². The van der Waals surface area contributed by atoms with Gasteiger partial charge in [-0.25, -0.2) is 17.8 Å². The summed E-state index contributed by atoms with van der Waals surface area (Å²) in [5.74, 6) is 4.69. The Morgan fingerprint density at radius 3 is 2.46 bits per heavy atom. The third-order valence-electron chi connectivity index (χ3n) is 6.01. The van der Waals surface area contributed by atoms with E-state index >= 15 is 0 Å². The van der Waals surface area contributed by atoms with E-state index in [9.17, 15) is 17.6 Å². The van der Waals surface area contributed by atoms with Crippen molar-refractivity contribution >= 4 is 27.1 Å². The summed E-state index contributed by atoms with van der Waals surface area (Å²) < 4.78 is 41.9. The van der Waals surface area contributed by atoms with Crippen molar-refractivity contribution in [1.82, 2.24) is 14.7 Å². The predicted octanol–water partition coefficient (Wildman–Crippen LogP) is 4.36. The molecule has 0 fully saturated rings. The average molecular weight is 539 g/mol. The number of carbonyl (C=O) groups excluding carboxylic acids is 1. The summed E-state index contributed by atoms with van der Waals surface area (Å²) in [6.07, 6.45) is 5.37. The number of rotatable bonds is 6. The molecule has 0 bridgehead atoms. The lowest BCUT2D eigenvalue weighted by molar-refractivity contribution is 0.0950. The van der Waals surface area contributed by atoms with Crippen LogP contribution in [0.4, 0.5) is 10.1 Å². The number of amides is 1. The zero-order chi connectivity index (χ0) is 27.4. The first-order valence-corrected chi connectivity index (χ1v) is 13.6. The normalized spacial score (nSPS) is 11.1. The zero-order valence-corrected chi connectivity index (χ0v) is 21.5. The highest BCUT2D eigenvalue weighted by atomic mass is 32.2. The second-order valence-electron chi connectivity index (χ2n) is 8.88. The Bertz CT molecular complexity index is 1840. The number of nitrogen functional groups attached to an aromatic ring is 1. The third kappa shape index (κ3) is 6.14. The summed E-state index contributed by atoms with van der Waals surface area (Å²) >= 11 is 0. The lowest BCUT2D eigenvalue weighted by atomic mass is 10.1. The van der Waals surface area contributed by atoms with E-state index in [1.807, 2.05) is 28.9 Å². The molecular formula is C30H23FN4O3S. The Labute approximate surface area is 225 Å². The SMILES string of the molecule is Nc1ccc(CS(=O)(=O)c2ccc(C(=O)NCc3ccn4ccnc4c3)cc2C#Cc2ccc(F)cc2)cc1. The van der Waals surface area contributed by atoms with E-state index in [1.165, 1.54) is 42.5 Å². The molecule has 0 saturated heterocycles. The van der Waals surface area contributed by atoms with E-state index in [0.717, 1.165) is 11.2 Å². The number of fused-ring (bicyclic) bond motifs is 1. The summed E-state index contributed by atoms with van der Waals surface area (Å²) in [5, 5.41) is 2.86. The molecule has 2 aromatic heterocycles. The van der Waals surface area contributed by atoms with E-state index in [2.05, 4.69) is 22.1 Å². The second-order valence-corrected chi connectivity index (χ2v) is 10.8. The highest BCUT2D eigenvalue weighted by molar-refractivity contribution is 7.90. The smallest absolute Gasteiger partial charge is 0.251 e. The topological polar surface area (TPSA) is 107 Å². The van der Waals surface area contributed by atoms with Gasteiger partial charge in [0.15, 0.2) is 9.84 Å². The molecule has 0 aliphatic rings. The Kier molecular flexibility index (Phi) is 7.12. The fourth-order valence-electron chi connectivity index (χ4n) is 3.97. The molecule has 39 heavy (non-hydrogen) atoms. The van der Waals surface area contributed by atoms with E-state index in [1.54, 1.807) is 30.5 Å². The quantitative estimate of drug-likeness (QED) is 0.247. The molecule has 0 saturated carbocycles. The number of anilines is 1. The van der Waals surface area contributed by atoms with Gasteiger partial charge in [-0.1, -0.05) is 24.0 Å². The minimum Gasteiger partial charge on any atom is -0.399 e. The number of sulfone groups is 1. The maximum Gasteiger partial charge on any atom is 0.251 e. The number of halogens is 1. The first kappa shape index (κ1) is 25.7. The maximum absolute atomic E-state index is 13.4. The molecule has 3 N–H and O–H groups in total. The lowest BCUT2D eigenvalue weighted by Crippen LogP contribution is -2.23. The van der Waals surface area contributed by atoms with Gasteiger partial charge in [0.25, 0.3) is 5.91 Å². The summed E-state index contributed by atoms with van der Waals surface area (Å²) in [6, 6.07) is 20.2. The predicted molar refractivity (Wildman–Crippen MR) is 147 cm³/mol. The standard InChI is InChI=1S/C30H23FN4O3S/c31-26-8-2-21(3-9-26)1-6-24-18-25(30(36)34-19-23-13-15-35-16-14-33-29(35)17-23)7-12-28(24)39(37,38)20-22-4-10-27(32)11-5-22/h2-5,7-18H,19-20,32H2,(H,34,36). The number of nitrogens with one attached hydrogen (secondary N) is 1. The van der Waals surface area contributed by atoms with Crippen LogP contribution in [0.15, 0.2) is 102 Å². The van der Waals surface area contributed by atoms with Crippen LogP contribution in [0.2, 0.25) is 0 Å². The number of hydrogen-bond acceptors (Lipinski definition) is 5. The van der Waals surface area contributed by atoms with Crippen molar-refractivity contribution in [3.63, 3.8) is 0 Å². The Morgan fingerprint density at radius 1 is 0.923 bits per heavy atom. The van der Waals surface area contributed by atoms with Crippen LogP contribution in [0.1, 0.15) is 32.6 Å². The molecule has 0 aliphatic carbocycles. The molecule has 0 aliphatic heterocycles. The van der Waals surface area contributed by atoms with Crippen molar-refractivity contribution in [2.24, 2.45) is 0 Å². The molecule has 2 heterocycles. The van der Waals surface area contributed by atoms with Gasteiger partial charge in [0.2, 0.25) is 0 Å². The Hall–Kier alpha value is -4.94. The van der Waals surface area contributed by atoms with Crippen molar-refractivity contribution in [2.75, 3.05) is 5.73 Å². The van der Waals surface area contributed by atoms with Gasteiger partial charge in [0.05, 0.1) is 10.6 Å². The lowest BCUT2D eigenvalue weighted by Gasteiger charge is -2.11. The molecule has 1 amide bonds. The number of pyridine rings is 1.